The van der Waals surface area contributed by atoms with E-state index in [0.717, 1.165) is 25.3 Å². The monoisotopic (exact) mass is 239 g/mol. The highest BCUT2D eigenvalue weighted by Crippen LogP contribution is 2.13. The van der Waals surface area contributed by atoms with Crippen LogP contribution in [0.3, 0.4) is 0 Å². The van der Waals surface area contributed by atoms with Gasteiger partial charge in [-0.3, -0.25) is 4.90 Å². The van der Waals surface area contributed by atoms with Crippen LogP contribution in [0.15, 0.2) is 5.38 Å². The van der Waals surface area contributed by atoms with E-state index < -0.39 is 0 Å². The van der Waals surface area contributed by atoms with E-state index in [4.69, 9.17) is 0 Å². The van der Waals surface area contributed by atoms with Gasteiger partial charge in [-0.25, -0.2) is 4.98 Å². The van der Waals surface area contributed by atoms with Crippen molar-refractivity contribution in [2.75, 3.05) is 19.6 Å². The minimum absolute atomic E-state index is 0.680. The molecule has 0 spiro atoms. The Labute approximate surface area is 102 Å². The zero-order valence-corrected chi connectivity index (χ0v) is 11.0. The van der Waals surface area contributed by atoms with Gasteiger partial charge in [0.2, 0.25) is 0 Å². The molecule has 1 atom stereocenters. The van der Waals surface area contributed by atoms with Gasteiger partial charge in [0, 0.05) is 36.8 Å². The van der Waals surface area contributed by atoms with E-state index in [1.165, 1.54) is 24.4 Å². The first kappa shape index (κ1) is 12.0. The summed E-state index contributed by atoms with van der Waals surface area (Å²) in [4.78, 5) is 7.06. The molecule has 1 N–H and O–H groups in total. The third-order valence-electron chi connectivity index (χ3n) is 3.00. The Kier molecular flexibility index (Phi) is 4.32. The summed E-state index contributed by atoms with van der Waals surface area (Å²) in [6, 6.07) is 0.680. The van der Waals surface area contributed by atoms with Crippen molar-refractivity contribution in [1.29, 1.82) is 0 Å². The lowest BCUT2D eigenvalue weighted by atomic mass is 10.1. The summed E-state index contributed by atoms with van der Waals surface area (Å²) >= 11 is 1.78. The van der Waals surface area contributed by atoms with Crippen LogP contribution in [-0.4, -0.2) is 35.6 Å². The van der Waals surface area contributed by atoms with Gasteiger partial charge in [-0.2, -0.15) is 0 Å². The Morgan fingerprint density at radius 2 is 2.50 bits per heavy atom. The van der Waals surface area contributed by atoms with Crippen LogP contribution in [0.1, 0.15) is 30.5 Å². The molecule has 0 saturated carbocycles. The Morgan fingerprint density at radius 1 is 1.62 bits per heavy atom. The molecule has 1 saturated heterocycles. The van der Waals surface area contributed by atoms with Gasteiger partial charge in [0.1, 0.15) is 5.01 Å². The van der Waals surface area contributed by atoms with Gasteiger partial charge in [0.15, 0.2) is 0 Å². The van der Waals surface area contributed by atoms with Crippen LogP contribution in [0, 0.1) is 6.92 Å². The minimum atomic E-state index is 0.680. The molecule has 0 amide bonds. The van der Waals surface area contributed by atoms with Crippen LogP contribution in [0.4, 0.5) is 0 Å². The smallest absolute Gasteiger partial charge is 0.107 e. The number of hydrogen-bond donors (Lipinski definition) is 1. The zero-order valence-electron chi connectivity index (χ0n) is 10.2. The molecule has 1 fully saturated rings. The van der Waals surface area contributed by atoms with Gasteiger partial charge in [-0.05, 0) is 13.3 Å². The lowest BCUT2D eigenvalue weighted by molar-refractivity contribution is 0.186. The topological polar surface area (TPSA) is 28.2 Å². The summed E-state index contributed by atoms with van der Waals surface area (Å²) < 4.78 is 0. The maximum Gasteiger partial charge on any atom is 0.107 e. The highest BCUT2D eigenvalue weighted by Gasteiger charge is 2.19. The number of aromatic nitrogens is 1. The summed E-state index contributed by atoms with van der Waals surface area (Å²) in [5.41, 5.74) is 1.15. The first-order valence-corrected chi connectivity index (χ1v) is 7.02. The van der Waals surface area contributed by atoms with Crippen molar-refractivity contribution in [3.63, 3.8) is 0 Å². The van der Waals surface area contributed by atoms with Gasteiger partial charge in [-0.1, -0.05) is 13.3 Å². The maximum atomic E-state index is 4.53. The second-order valence-corrected chi connectivity index (χ2v) is 5.50. The molecule has 16 heavy (non-hydrogen) atoms. The molecule has 0 radical (unpaired) electrons. The van der Waals surface area contributed by atoms with Crippen LogP contribution < -0.4 is 5.32 Å². The Hall–Kier alpha value is -0.450. The third kappa shape index (κ3) is 3.27. The van der Waals surface area contributed by atoms with Crippen molar-refractivity contribution in [2.24, 2.45) is 0 Å². The summed E-state index contributed by atoms with van der Waals surface area (Å²) in [5, 5.41) is 6.98. The fourth-order valence-electron chi connectivity index (χ4n) is 2.25. The molecule has 1 aliphatic heterocycles. The second-order valence-electron chi connectivity index (χ2n) is 4.56. The van der Waals surface area contributed by atoms with Crippen LogP contribution in [0.5, 0.6) is 0 Å². The molecule has 1 aromatic heterocycles. The normalized spacial score (nSPS) is 22.5. The molecule has 0 aliphatic carbocycles. The van der Waals surface area contributed by atoms with Gasteiger partial charge >= 0.3 is 0 Å². The first-order valence-electron chi connectivity index (χ1n) is 6.14. The predicted octanol–water partition coefficient (Wildman–Crippen LogP) is 2.03. The van der Waals surface area contributed by atoms with E-state index >= 15 is 0 Å². The molecule has 2 heterocycles. The molecule has 0 aromatic carbocycles. The van der Waals surface area contributed by atoms with E-state index in [1.807, 2.05) is 0 Å². The molecule has 2 rings (SSSR count). The molecule has 1 aliphatic rings. The average molecular weight is 239 g/mol. The Morgan fingerprint density at radius 3 is 3.19 bits per heavy atom. The number of piperazine rings is 1. The SMILES string of the molecule is CCCC1CN(Cc2nc(C)cs2)CCN1. The number of rotatable bonds is 4. The van der Waals surface area contributed by atoms with E-state index in [2.05, 4.69) is 34.4 Å². The summed E-state index contributed by atoms with van der Waals surface area (Å²) in [5.74, 6) is 0. The van der Waals surface area contributed by atoms with Crippen LogP contribution in [0.25, 0.3) is 0 Å². The summed E-state index contributed by atoms with van der Waals surface area (Å²) in [6.45, 7) is 8.79. The second kappa shape index (κ2) is 5.75. The molecule has 0 bridgehead atoms. The number of thiazole rings is 1. The summed E-state index contributed by atoms with van der Waals surface area (Å²) in [6.07, 6.45) is 2.55. The van der Waals surface area contributed by atoms with Gasteiger partial charge in [0.25, 0.3) is 0 Å². The highest BCUT2D eigenvalue weighted by atomic mass is 32.1. The van der Waals surface area contributed by atoms with Crippen molar-refractivity contribution in [3.05, 3.63) is 16.1 Å². The maximum absolute atomic E-state index is 4.53. The van der Waals surface area contributed by atoms with E-state index in [-0.39, 0.29) is 0 Å². The predicted molar refractivity (Wildman–Crippen MR) is 68.8 cm³/mol. The van der Waals surface area contributed by atoms with Gasteiger partial charge in [0.05, 0.1) is 6.54 Å². The zero-order chi connectivity index (χ0) is 11.4. The van der Waals surface area contributed by atoms with E-state index in [1.54, 1.807) is 11.3 Å². The van der Waals surface area contributed by atoms with Crippen molar-refractivity contribution >= 4 is 11.3 Å². The quantitative estimate of drug-likeness (QED) is 0.871. The standard InChI is InChI=1S/C12H21N3S/c1-3-4-11-7-15(6-5-13-11)8-12-14-10(2)9-16-12/h9,11,13H,3-8H2,1-2H3. The Balaban J connectivity index is 1.85. The van der Waals surface area contributed by atoms with Crippen molar-refractivity contribution < 1.29 is 0 Å². The molecular weight excluding hydrogens is 218 g/mol. The van der Waals surface area contributed by atoms with E-state index in [0.29, 0.717) is 6.04 Å². The fraction of sp³-hybridized carbons (Fsp3) is 0.750. The largest absolute Gasteiger partial charge is 0.311 e. The van der Waals surface area contributed by atoms with Crippen molar-refractivity contribution in [3.8, 4) is 0 Å². The molecule has 3 nitrogen and oxygen atoms in total. The molecule has 1 unspecified atom stereocenters. The Bertz CT molecular complexity index is 322. The molecule has 1 aromatic rings. The first-order chi connectivity index (χ1) is 7.78. The number of nitrogens with zero attached hydrogens (tertiary/aromatic N) is 2. The molecule has 4 heteroatoms. The number of hydrogen-bond acceptors (Lipinski definition) is 4. The van der Waals surface area contributed by atoms with Gasteiger partial charge in [-0.15, -0.1) is 11.3 Å². The fourth-order valence-corrected chi connectivity index (χ4v) is 3.06. The van der Waals surface area contributed by atoms with Crippen molar-refractivity contribution in [1.82, 2.24) is 15.2 Å². The lowest BCUT2D eigenvalue weighted by Crippen LogP contribution is -2.50. The third-order valence-corrected chi connectivity index (χ3v) is 3.95. The van der Waals surface area contributed by atoms with Crippen LogP contribution >= 0.6 is 11.3 Å². The number of nitrogens with one attached hydrogen (secondary N) is 1. The lowest BCUT2D eigenvalue weighted by Gasteiger charge is -2.33. The van der Waals surface area contributed by atoms with E-state index in [9.17, 15) is 0 Å². The molecule has 90 valence electrons. The van der Waals surface area contributed by atoms with Crippen LogP contribution in [0.2, 0.25) is 0 Å². The molecular formula is C12H21N3S. The number of aryl methyl sites for hydroxylation is 1. The summed E-state index contributed by atoms with van der Waals surface area (Å²) in [7, 11) is 0. The van der Waals surface area contributed by atoms with Crippen molar-refractivity contribution in [2.45, 2.75) is 39.3 Å². The minimum Gasteiger partial charge on any atom is -0.311 e. The van der Waals surface area contributed by atoms with Crippen LogP contribution in [-0.2, 0) is 6.54 Å². The average Bonchev–Trinajstić information content (AvgIpc) is 2.65. The highest BCUT2D eigenvalue weighted by molar-refractivity contribution is 7.09. The van der Waals surface area contributed by atoms with Gasteiger partial charge < -0.3 is 5.32 Å².